The normalized spacial score (nSPS) is 11.0. The van der Waals surface area contributed by atoms with E-state index in [9.17, 15) is 4.79 Å². The van der Waals surface area contributed by atoms with Gasteiger partial charge in [0.15, 0.2) is 18.1 Å². The molecule has 0 saturated carbocycles. The number of nitrogens with one attached hydrogen (secondary N) is 1. The summed E-state index contributed by atoms with van der Waals surface area (Å²) in [6.45, 7) is -0.0927. The molecule has 0 aliphatic rings. The van der Waals surface area contributed by atoms with Crippen molar-refractivity contribution in [3.8, 4) is 29.9 Å². The molecule has 1 aromatic carbocycles. The van der Waals surface area contributed by atoms with Crippen LogP contribution in [0.3, 0.4) is 0 Å². The number of methoxy groups -OCH3 is 1. The maximum absolute atomic E-state index is 10.8. The minimum absolute atomic E-state index is 0.190. The summed E-state index contributed by atoms with van der Waals surface area (Å²) in [6.07, 6.45) is 5.15. The molecule has 0 radical (unpaired) electrons. The number of nitrogens with zero attached hydrogens (tertiary/aromatic N) is 1. The zero-order chi connectivity index (χ0) is 15.8. The number of carbonyl (C=O) groups excluding carboxylic acids is 1. The van der Waals surface area contributed by atoms with Gasteiger partial charge in [-0.1, -0.05) is 17.5 Å². The van der Waals surface area contributed by atoms with E-state index in [0.717, 1.165) is 0 Å². The molecule has 110 valence electrons. The molecule has 1 unspecified atom stereocenters. The van der Waals surface area contributed by atoms with Crippen molar-refractivity contribution in [1.82, 2.24) is 5.32 Å². The molecule has 3 N–H and O–H groups in total. The lowest BCUT2D eigenvalue weighted by molar-refractivity contribution is -0.119. The number of hydrogen-bond acceptors (Lipinski definition) is 5. The van der Waals surface area contributed by atoms with Crippen molar-refractivity contribution >= 4 is 17.5 Å². The highest BCUT2D eigenvalue weighted by Gasteiger charge is 2.17. The predicted octanol–water partition coefficient (Wildman–Crippen LogP) is 1.00. The highest BCUT2D eigenvalue weighted by molar-refractivity contribution is 6.32. The van der Waals surface area contributed by atoms with Crippen LogP contribution in [0.2, 0.25) is 5.02 Å². The minimum atomic E-state index is -0.641. The van der Waals surface area contributed by atoms with Gasteiger partial charge in [0, 0.05) is 0 Å². The van der Waals surface area contributed by atoms with E-state index >= 15 is 0 Å². The van der Waals surface area contributed by atoms with Gasteiger partial charge in [0.1, 0.15) is 6.04 Å². The van der Waals surface area contributed by atoms with Crippen LogP contribution in [-0.2, 0) is 4.79 Å². The fourth-order valence-corrected chi connectivity index (χ4v) is 1.86. The molecule has 1 rings (SSSR count). The Morgan fingerprint density at radius 2 is 2.33 bits per heavy atom. The second-order valence-corrected chi connectivity index (χ2v) is 4.34. The molecule has 0 aromatic heterocycles. The van der Waals surface area contributed by atoms with Crippen LogP contribution in [0.15, 0.2) is 12.1 Å². The second-order valence-electron chi connectivity index (χ2n) is 3.94. The number of ether oxygens (including phenoxy) is 2. The highest BCUT2D eigenvalue weighted by atomic mass is 35.5. The third-order valence-corrected chi connectivity index (χ3v) is 2.76. The van der Waals surface area contributed by atoms with Gasteiger partial charge in [0.25, 0.3) is 5.91 Å². The summed E-state index contributed by atoms with van der Waals surface area (Å²) >= 11 is 6.10. The van der Waals surface area contributed by atoms with Crippen LogP contribution in [0.5, 0.6) is 11.5 Å². The molecule has 21 heavy (non-hydrogen) atoms. The van der Waals surface area contributed by atoms with Crippen molar-refractivity contribution in [1.29, 1.82) is 5.26 Å². The van der Waals surface area contributed by atoms with Gasteiger partial charge in [-0.15, -0.1) is 6.42 Å². The predicted molar refractivity (Wildman–Crippen MR) is 77.9 cm³/mol. The molecule has 6 nitrogen and oxygen atoms in total. The van der Waals surface area contributed by atoms with Crippen molar-refractivity contribution in [3.05, 3.63) is 22.7 Å². The summed E-state index contributed by atoms with van der Waals surface area (Å²) in [4.78, 5) is 10.8. The van der Waals surface area contributed by atoms with E-state index in [1.807, 2.05) is 0 Å². The summed E-state index contributed by atoms with van der Waals surface area (Å²) in [5, 5.41) is 12.2. The molecule has 0 aliphatic carbocycles. The molecule has 1 atom stereocenters. The van der Waals surface area contributed by atoms with E-state index < -0.39 is 11.9 Å². The number of benzene rings is 1. The largest absolute Gasteiger partial charge is 0.493 e. The number of hydrogen-bond donors (Lipinski definition) is 2. The molecule has 7 heteroatoms. The number of halogens is 1. The zero-order valence-corrected chi connectivity index (χ0v) is 12.1. The number of rotatable bonds is 7. The van der Waals surface area contributed by atoms with E-state index in [2.05, 4.69) is 17.3 Å². The smallest absolute Gasteiger partial charge is 0.255 e. The monoisotopic (exact) mass is 307 g/mol. The minimum Gasteiger partial charge on any atom is -0.493 e. The van der Waals surface area contributed by atoms with Crippen LogP contribution < -0.4 is 20.5 Å². The van der Waals surface area contributed by atoms with Gasteiger partial charge in [-0.05, 0) is 17.7 Å². The van der Waals surface area contributed by atoms with Gasteiger partial charge in [0.05, 0.1) is 24.7 Å². The molecule has 0 fully saturated rings. The lowest BCUT2D eigenvalue weighted by Crippen LogP contribution is -2.21. The van der Waals surface area contributed by atoms with Gasteiger partial charge >= 0.3 is 0 Å². The maximum Gasteiger partial charge on any atom is 0.255 e. The fraction of sp³-hybridized carbons (Fsp3) is 0.286. The van der Waals surface area contributed by atoms with Crippen LogP contribution >= 0.6 is 11.6 Å². The summed E-state index contributed by atoms with van der Waals surface area (Å²) < 4.78 is 10.4. The quantitative estimate of drug-likeness (QED) is 0.732. The first-order valence-electron chi connectivity index (χ1n) is 5.88. The Morgan fingerprint density at radius 3 is 2.86 bits per heavy atom. The molecule has 0 spiro atoms. The first-order chi connectivity index (χ1) is 10.0. The van der Waals surface area contributed by atoms with E-state index in [4.69, 9.17) is 38.5 Å². The summed E-state index contributed by atoms with van der Waals surface area (Å²) in [6, 6.07) is 4.55. The Morgan fingerprint density at radius 1 is 1.62 bits per heavy atom. The average molecular weight is 308 g/mol. The Hall–Kier alpha value is -2.41. The Kier molecular flexibility index (Phi) is 6.35. The first-order valence-corrected chi connectivity index (χ1v) is 6.26. The Labute approximate surface area is 127 Å². The SMILES string of the molecule is C#CCNC(C#N)c1cc(Cl)c(OCC(N)=O)c(OC)c1. The van der Waals surface area contributed by atoms with Gasteiger partial charge in [-0.3, -0.25) is 10.1 Å². The summed E-state index contributed by atoms with van der Waals surface area (Å²) in [5.41, 5.74) is 5.59. The van der Waals surface area contributed by atoms with E-state index in [0.29, 0.717) is 11.3 Å². The Balaban J connectivity index is 3.10. The topological polar surface area (TPSA) is 97.4 Å². The van der Waals surface area contributed by atoms with Crippen LogP contribution in [0.1, 0.15) is 11.6 Å². The molecular formula is C14H14ClN3O3. The molecule has 0 aliphatic heterocycles. The van der Waals surface area contributed by atoms with Crippen molar-refractivity contribution in [3.63, 3.8) is 0 Å². The van der Waals surface area contributed by atoms with Crippen molar-refractivity contribution in [2.24, 2.45) is 5.73 Å². The summed E-state index contributed by atoms with van der Waals surface area (Å²) in [5.74, 6) is 2.23. The molecule has 0 saturated heterocycles. The molecule has 1 amide bonds. The standard InChI is InChI=1S/C14H14ClN3O3/c1-3-4-18-11(7-16)9-5-10(15)14(12(6-9)20-2)21-8-13(17)19/h1,5-6,11,18H,4,8H2,2H3,(H2,17,19). The van der Waals surface area contributed by atoms with Gasteiger partial charge in [0.2, 0.25) is 0 Å². The van der Waals surface area contributed by atoms with Crippen LogP contribution in [0.4, 0.5) is 0 Å². The number of nitrogens with two attached hydrogens (primary N) is 1. The molecule has 0 bridgehead atoms. The second kappa shape index (κ2) is 8.01. The third-order valence-electron chi connectivity index (χ3n) is 2.48. The van der Waals surface area contributed by atoms with Crippen molar-refractivity contribution in [2.75, 3.05) is 20.3 Å². The fourth-order valence-electron chi connectivity index (χ4n) is 1.59. The number of nitriles is 1. The summed E-state index contributed by atoms with van der Waals surface area (Å²) in [7, 11) is 1.42. The average Bonchev–Trinajstić information content (AvgIpc) is 2.46. The van der Waals surface area contributed by atoms with Gasteiger partial charge in [-0.2, -0.15) is 5.26 Å². The lowest BCUT2D eigenvalue weighted by Gasteiger charge is -2.16. The number of terminal acetylenes is 1. The zero-order valence-electron chi connectivity index (χ0n) is 11.4. The number of carbonyl (C=O) groups is 1. The van der Waals surface area contributed by atoms with Crippen LogP contribution in [0, 0.1) is 23.7 Å². The number of primary amides is 1. The first kappa shape index (κ1) is 16.6. The third kappa shape index (κ3) is 4.57. The van der Waals surface area contributed by atoms with E-state index in [1.54, 1.807) is 6.07 Å². The molecule has 0 heterocycles. The van der Waals surface area contributed by atoms with Crippen molar-refractivity contribution < 1.29 is 14.3 Å². The van der Waals surface area contributed by atoms with Crippen LogP contribution in [0.25, 0.3) is 0 Å². The number of amides is 1. The molecular weight excluding hydrogens is 294 g/mol. The van der Waals surface area contributed by atoms with Crippen molar-refractivity contribution in [2.45, 2.75) is 6.04 Å². The molecule has 1 aromatic rings. The van der Waals surface area contributed by atoms with Gasteiger partial charge in [-0.25, -0.2) is 0 Å². The van der Waals surface area contributed by atoms with E-state index in [-0.39, 0.29) is 23.9 Å². The van der Waals surface area contributed by atoms with E-state index in [1.165, 1.54) is 13.2 Å². The maximum atomic E-state index is 10.8. The van der Waals surface area contributed by atoms with Gasteiger partial charge < -0.3 is 15.2 Å². The van der Waals surface area contributed by atoms with Crippen LogP contribution in [-0.4, -0.2) is 26.2 Å². The highest BCUT2D eigenvalue weighted by Crippen LogP contribution is 2.37. The lowest BCUT2D eigenvalue weighted by atomic mass is 10.1. The Bertz CT molecular complexity index is 605.